The Labute approximate surface area is 117 Å². The van der Waals surface area contributed by atoms with Crippen LogP contribution in [0, 0.1) is 11.8 Å². The van der Waals surface area contributed by atoms with E-state index in [2.05, 4.69) is 27.4 Å². The van der Waals surface area contributed by atoms with Gasteiger partial charge in [-0.05, 0) is 24.6 Å². The smallest absolute Gasteiger partial charge is 0.254 e. The molecule has 0 saturated heterocycles. The third-order valence-electron chi connectivity index (χ3n) is 2.85. The van der Waals surface area contributed by atoms with Crippen molar-refractivity contribution in [1.29, 1.82) is 0 Å². The first kappa shape index (κ1) is 13.8. The van der Waals surface area contributed by atoms with Crippen molar-refractivity contribution in [2.45, 2.75) is 13.0 Å². The molecule has 0 spiro atoms. The quantitative estimate of drug-likeness (QED) is 0.732. The number of benzene rings is 1. The average Bonchev–Trinajstić information content (AvgIpc) is 3.00. The van der Waals surface area contributed by atoms with Crippen LogP contribution < -0.4 is 11.1 Å². The minimum absolute atomic E-state index is 0.0890. The zero-order valence-electron chi connectivity index (χ0n) is 11.2. The highest BCUT2D eigenvalue weighted by atomic mass is 16.1. The highest BCUT2D eigenvalue weighted by Crippen LogP contribution is 2.13. The van der Waals surface area contributed by atoms with Crippen LogP contribution in [0.15, 0.2) is 36.7 Å². The Kier molecular flexibility index (Phi) is 4.53. The van der Waals surface area contributed by atoms with E-state index < -0.39 is 0 Å². The second kappa shape index (κ2) is 6.55. The molecule has 1 aromatic heterocycles. The van der Waals surface area contributed by atoms with E-state index in [1.165, 1.54) is 6.20 Å². The van der Waals surface area contributed by atoms with Gasteiger partial charge in [-0.3, -0.25) is 9.89 Å². The zero-order valence-corrected chi connectivity index (χ0v) is 11.2. The number of hydrogen-bond acceptors (Lipinski definition) is 3. The molecule has 0 aliphatic carbocycles. The van der Waals surface area contributed by atoms with E-state index in [1.54, 1.807) is 6.20 Å². The summed E-state index contributed by atoms with van der Waals surface area (Å²) in [5.41, 5.74) is 7.77. The van der Waals surface area contributed by atoms with Crippen molar-refractivity contribution in [3.05, 3.63) is 53.3 Å². The molecule has 4 N–H and O–H groups in total. The van der Waals surface area contributed by atoms with Crippen LogP contribution in [0.3, 0.4) is 0 Å². The van der Waals surface area contributed by atoms with Crippen LogP contribution in [0.5, 0.6) is 0 Å². The van der Waals surface area contributed by atoms with Crippen LogP contribution in [0.25, 0.3) is 0 Å². The molecule has 0 saturated carbocycles. The fourth-order valence-corrected chi connectivity index (χ4v) is 1.75. The molecule has 1 aromatic carbocycles. The number of amides is 1. The van der Waals surface area contributed by atoms with E-state index >= 15 is 0 Å². The third-order valence-corrected chi connectivity index (χ3v) is 2.85. The van der Waals surface area contributed by atoms with Gasteiger partial charge in [-0.2, -0.15) is 5.10 Å². The first-order chi connectivity index (χ1) is 9.70. The Morgan fingerprint density at radius 1 is 1.45 bits per heavy atom. The predicted octanol–water partition coefficient (Wildman–Crippen LogP) is 1.21. The number of aromatic amines is 1. The van der Waals surface area contributed by atoms with E-state index in [4.69, 9.17) is 5.73 Å². The molecule has 1 atom stereocenters. The number of carbonyl (C=O) groups excluding carboxylic acids is 1. The van der Waals surface area contributed by atoms with E-state index in [9.17, 15) is 4.79 Å². The number of H-pyrrole nitrogens is 1. The van der Waals surface area contributed by atoms with Crippen LogP contribution in [0.2, 0.25) is 0 Å². The molecule has 2 aromatic rings. The highest BCUT2D eigenvalue weighted by Gasteiger charge is 2.11. The Morgan fingerprint density at radius 2 is 2.20 bits per heavy atom. The lowest BCUT2D eigenvalue weighted by Crippen LogP contribution is -2.26. The summed E-state index contributed by atoms with van der Waals surface area (Å²) in [7, 11) is 0. The molecule has 0 bridgehead atoms. The summed E-state index contributed by atoms with van der Waals surface area (Å²) in [6, 6.07) is 7.63. The number of aromatic nitrogens is 2. The van der Waals surface area contributed by atoms with Gasteiger partial charge in [-0.1, -0.05) is 24.0 Å². The zero-order chi connectivity index (χ0) is 14.4. The molecule has 0 aliphatic rings. The minimum Gasteiger partial charge on any atom is -0.345 e. The molecular weight excluding hydrogens is 252 g/mol. The van der Waals surface area contributed by atoms with Crippen LogP contribution in [-0.4, -0.2) is 22.6 Å². The summed E-state index contributed by atoms with van der Waals surface area (Å²) >= 11 is 0. The molecule has 2 rings (SSSR count). The van der Waals surface area contributed by atoms with Gasteiger partial charge in [0, 0.05) is 11.8 Å². The first-order valence-corrected chi connectivity index (χ1v) is 6.29. The Morgan fingerprint density at radius 3 is 2.80 bits per heavy atom. The first-order valence-electron chi connectivity index (χ1n) is 6.29. The van der Waals surface area contributed by atoms with Gasteiger partial charge >= 0.3 is 0 Å². The van der Waals surface area contributed by atoms with Gasteiger partial charge in [0.2, 0.25) is 0 Å². The minimum atomic E-state index is -0.154. The molecule has 1 amide bonds. The van der Waals surface area contributed by atoms with Crippen molar-refractivity contribution in [3.63, 3.8) is 0 Å². The van der Waals surface area contributed by atoms with Crippen molar-refractivity contribution >= 4 is 5.91 Å². The Bertz CT molecular complexity index is 620. The molecule has 102 valence electrons. The van der Waals surface area contributed by atoms with Crippen LogP contribution >= 0.6 is 0 Å². The fourth-order valence-electron chi connectivity index (χ4n) is 1.75. The largest absolute Gasteiger partial charge is 0.345 e. The molecule has 0 aliphatic heterocycles. The highest BCUT2D eigenvalue weighted by molar-refractivity contribution is 5.93. The van der Waals surface area contributed by atoms with Gasteiger partial charge in [-0.25, -0.2) is 0 Å². The summed E-state index contributed by atoms with van der Waals surface area (Å²) in [5, 5.41) is 9.27. The lowest BCUT2D eigenvalue weighted by Gasteiger charge is -2.13. The summed E-state index contributed by atoms with van der Waals surface area (Å²) in [6.07, 6.45) is 3.06. The topological polar surface area (TPSA) is 83.8 Å². The van der Waals surface area contributed by atoms with Crippen molar-refractivity contribution in [2.24, 2.45) is 5.73 Å². The monoisotopic (exact) mass is 268 g/mol. The van der Waals surface area contributed by atoms with Gasteiger partial charge in [0.15, 0.2) is 0 Å². The lowest BCUT2D eigenvalue weighted by molar-refractivity contribution is 0.0940. The van der Waals surface area contributed by atoms with E-state index in [0.29, 0.717) is 12.1 Å². The van der Waals surface area contributed by atoms with Gasteiger partial charge < -0.3 is 11.1 Å². The van der Waals surface area contributed by atoms with Crippen molar-refractivity contribution in [2.75, 3.05) is 6.54 Å². The summed E-state index contributed by atoms with van der Waals surface area (Å²) in [4.78, 5) is 11.9. The molecule has 0 radical (unpaired) electrons. The van der Waals surface area contributed by atoms with Crippen molar-refractivity contribution in [3.8, 4) is 11.8 Å². The Hall–Kier alpha value is -2.58. The Balaban J connectivity index is 2.02. The van der Waals surface area contributed by atoms with Gasteiger partial charge in [-0.15, -0.1) is 0 Å². The molecule has 5 nitrogen and oxygen atoms in total. The molecule has 20 heavy (non-hydrogen) atoms. The molecule has 1 heterocycles. The lowest BCUT2D eigenvalue weighted by atomic mass is 10.1. The predicted molar refractivity (Wildman–Crippen MR) is 76.8 cm³/mol. The van der Waals surface area contributed by atoms with Gasteiger partial charge in [0.1, 0.15) is 0 Å². The maximum Gasteiger partial charge on any atom is 0.254 e. The van der Waals surface area contributed by atoms with Crippen molar-refractivity contribution in [1.82, 2.24) is 15.5 Å². The van der Waals surface area contributed by atoms with E-state index in [1.807, 2.05) is 31.2 Å². The second-order valence-electron chi connectivity index (χ2n) is 4.31. The van der Waals surface area contributed by atoms with Crippen LogP contribution in [0.1, 0.15) is 34.5 Å². The number of nitrogens with two attached hydrogens (primary N) is 1. The number of rotatable bonds is 3. The standard InChI is InChI=1S/C15H16N4O/c1-11(19-15(20)14-9-17-18-10-14)13-6-4-12(5-7-13)3-2-8-16/h4-7,9-11H,8,16H2,1H3,(H,17,18)(H,19,20). The normalized spacial score (nSPS) is 11.3. The van der Waals surface area contributed by atoms with Gasteiger partial charge in [0.25, 0.3) is 5.91 Å². The average molecular weight is 268 g/mol. The third kappa shape index (κ3) is 3.46. The molecule has 1 unspecified atom stereocenters. The fraction of sp³-hybridized carbons (Fsp3) is 0.200. The SMILES string of the molecule is CC(NC(=O)c1cn[nH]c1)c1ccc(C#CCN)cc1. The maximum absolute atomic E-state index is 11.9. The number of carbonyl (C=O) groups is 1. The summed E-state index contributed by atoms with van der Waals surface area (Å²) in [6.45, 7) is 2.28. The maximum atomic E-state index is 11.9. The van der Waals surface area contributed by atoms with Crippen LogP contribution in [0.4, 0.5) is 0 Å². The van der Waals surface area contributed by atoms with E-state index in [-0.39, 0.29) is 11.9 Å². The summed E-state index contributed by atoms with van der Waals surface area (Å²) < 4.78 is 0. The molecular formula is C15H16N4O. The summed E-state index contributed by atoms with van der Waals surface area (Å²) in [5.74, 6) is 5.61. The van der Waals surface area contributed by atoms with Crippen molar-refractivity contribution < 1.29 is 4.79 Å². The second-order valence-corrected chi connectivity index (χ2v) is 4.31. The number of hydrogen-bond donors (Lipinski definition) is 3. The number of nitrogens with zero attached hydrogens (tertiary/aromatic N) is 1. The molecule has 5 heteroatoms. The van der Waals surface area contributed by atoms with E-state index in [0.717, 1.165) is 11.1 Å². The molecule has 0 fully saturated rings. The van der Waals surface area contributed by atoms with Gasteiger partial charge in [0.05, 0.1) is 24.3 Å². The number of nitrogens with one attached hydrogen (secondary N) is 2. The van der Waals surface area contributed by atoms with Crippen LogP contribution in [-0.2, 0) is 0 Å².